The van der Waals surface area contributed by atoms with Crippen molar-refractivity contribution in [3.8, 4) is 0 Å². The molecular weight excluding hydrogens is 320 g/mol. The standard InChI is InChI=1S/C19H26N2O2S/c1-6-21(7-2)17-9-10-18(15(4)13-17)20-24(22,23)19-11-8-14(3)12-16(19)5/h8-13,20H,6-7H2,1-5H3. The number of aryl methyl sites for hydroxylation is 3. The van der Waals surface area contributed by atoms with Gasteiger partial charge in [0.25, 0.3) is 10.0 Å². The Morgan fingerprint density at radius 2 is 1.58 bits per heavy atom. The van der Waals surface area contributed by atoms with Gasteiger partial charge in [-0.05, 0) is 70.0 Å². The smallest absolute Gasteiger partial charge is 0.262 e. The molecule has 130 valence electrons. The third-order valence-electron chi connectivity index (χ3n) is 4.20. The van der Waals surface area contributed by atoms with Crippen molar-refractivity contribution in [1.82, 2.24) is 0 Å². The first-order chi connectivity index (χ1) is 11.3. The van der Waals surface area contributed by atoms with Crippen LogP contribution in [0.1, 0.15) is 30.5 Å². The van der Waals surface area contributed by atoms with Gasteiger partial charge in [-0.3, -0.25) is 4.72 Å². The summed E-state index contributed by atoms with van der Waals surface area (Å²) in [5.41, 5.74) is 4.43. The second-order valence-electron chi connectivity index (χ2n) is 6.05. The summed E-state index contributed by atoms with van der Waals surface area (Å²) in [7, 11) is -3.59. The highest BCUT2D eigenvalue weighted by Crippen LogP contribution is 2.26. The summed E-state index contributed by atoms with van der Waals surface area (Å²) >= 11 is 0. The highest BCUT2D eigenvalue weighted by molar-refractivity contribution is 7.92. The Kier molecular flexibility index (Phi) is 5.54. The molecule has 0 aliphatic heterocycles. The summed E-state index contributed by atoms with van der Waals surface area (Å²) in [4.78, 5) is 2.55. The van der Waals surface area contributed by atoms with Crippen molar-refractivity contribution >= 4 is 21.4 Å². The van der Waals surface area contributed by atoms with Crippen LogP contribution in [-0.4, -0.2) is 21.5 Å². The number of anilines is 2. The zero-order valence-corrected chi connectivity index (χ0v) is 15.9. The Morgan fingerprint density at radius 3 is 2.12 bits per heavy atom. The molecular formula is C19H26N2O2S. The number of hydrogen-bond acceptors (Lipinski definition) is 3. The molecule has 0 spiro atoms. The fourth-order valence-electron chi connectivity index (χ4n) is 2.85. The zero-order valence-electron chi connectivity index (χ0n) is 15.1. The third kappa shape index (κ3) is 3.90. The average molecular weight is 346 g/mol. The van der Waals surface area contributed by atoms with Crippen LogP contribution in [0.15, 0.2) is 41.3 Å². The molecule has 0 aromatic heterocycles. The Morgan fingerprint density at radius 1 is 0.917 bits per heavy atom. The van der Waals surface area contributed by atoms with Gasteiger partial charge in [-0.1, -0.05) is 17.7 Å². The lowest BCUT2D eigenvalue weighted by atomic mass is 10.1. The largest absolute Gasteiger partial charge is 0.372 e. The fraction of sp³-hybridized carbons (Fsp3) is 0.368. The van der Waals surface area contributed by atoms with Gasteiger partial charge in [0.2, 0.25) is 0 Å². The van der Waals surface area contributed by atoms with E-state index in [0.29, 0.717) is 10.6 Å². The van der Waals surface area contributed by atoms with E-state index >= 15 is 0 Å². The van der Waals surface area contributed by atoms with E-state index in [9.17, 15) is 8.42 Å². The highest BCUT2D eigenvalue weighted by Gasteiger charge is 2.18. The van der Waals surface area contributed by atoms with Crippen LogP contribution in [0.4, 0.5) is 11.4 Å². The number of benzene rings is 2. The Labute approximate surface area is 145 Å². The van der Waals surface area contributed by atoms with Crippen molar-refractivity contribution in [2.45, 2.75) is 39.5 Å². The molecule has 1 N–H and O–H groups in total. The predicted molar refractivity (Wildman–Crippen MR) is 101 cm³/mol. The Balaban J connectivity index is 2.33. The van der Waals surface area contributed by atoms with Crippen LogP contribution in [0.5, 0.6) is 0 Å². The van der Waals surface area contributed by atoms with E-state index in [1.807, 2.05) is 51.1 Å². The van der Waals surface area contributed by atoms with Crippen molar-refractivity contribution in [2.75, 3.05) is 22.7 Å². The van der Waals surface area contributed by atoms with E-state index in [1.54, 1.807) is 6.07 Å². The molecule has 0 bridgehead atoms. The first-order valence-electron chi connectivity index (χ1n) is 8.24. The molecule has 0 saturated heterocycles. The summed E-state index contributed by atoms with van der Waals surface area (Å²) in [5, 5.41) is 0. The van der Waals surface area contributed by atoms with Gasteiger partial charge in [0.15, 0.2) is 0 Å². The fourth-order valence-corrected chi connectivity index (χ4v) is 4.21. The Bertz CT molecular complexity index is 825. The van der Waals surface area contributed by atoms with Crippen molar-refractivity contribution in [2.24, 2.45) is 0 Å². The molecule has 2 aromatic carbocycles. The maximum atomic E-state index is 12.7. The summed E-state index contributed by atoms with van der Waals surface area (Å²) < 4.78 is 28.1. The van der Waals surface area contributed by atoms with Crippen molar-refractivity contribution in [3.63, 3.8) is 0 Å². The number of sulfonamides is 1. The third-order valence-corrected chi connectivity index (χ3v) is 5.73. The van der Waals surface area contributed by atoms with Crippen LogP contribution in [-0.2, 0) is 10.0 Å². The van der Waals surface area contributed by atoms with Crippen molar-refractivity contribution in [3.05, 3.63) is 53.1 Å². The summed E-state index contributed by atoms with van der Waals surface area (Å²) in [6.45, 7) is 11.7. The SMILES string of the molecule is CCN(CC)c1ccc(NS(=O)(=O)c2ccc(C)cc2C)c(C)c1. The summed E-state index contributed by atoms with van der Waals surface area (Å²) in [5.74, 6) is 0. The lowest BCUT2D eigenvalue weighted by molar-refractivity contribution is 0.600. The van der Waals surface area contributed by atoms with E-state index in [1.165, 1.54) is 0 Å². The molecule has 2 aromatic rings. The lowest BCUT2D eigenvalue weighted by Gasteiger charge is -2.22. The quantitative estimate of drug-likeness (QED) is 0.850. The number of hydrogen-bond donors (Lipinski definition) is 1. The van der Waals surface area contributed by atoms with Gasteiger partial charge in [-0.15, -0.1) is 0 Å². The molecule has 5 heteroatoms. The van der Waals surface area contributed by atoms with Crippen LogP contribution in [0.2, 0.25) is 0 Å². The first-order valence-corrected chi connectivity index (χ1v) is 9.72. The minimum absolute atomic E-state index is 0.320. The van der Waals surface area contributed by atoms with Gasteiger partial charge in [-0.2, -0.15) is 0 Å². The molecule has 0 aliphatic rings. The highest BCUT2D eigenvalue weighted by atomic mass is 32.2. The molecule has 24 heavy (non-hydrogen) atoms. The van der Waals surface area contributed by atoms with Crippen LogP contribution in [0.3, 0.4) is 0 Å². The van der Waals surface area contributed by atoms with Gasteiger partial charge in [0.1, 0.15) is 0 Å². The number of rotatable bonds is 6. The maximum absolute atomic E-state index is 12.7. The zero-order chi connectivity index (χ0) is 17.9. The topological polar surface area (TPSA) is 49.4 Å². The summed E-state index contributed by atoms with van der Waals surface area (Å²) in [6, 6.07) is 11.2. The molecule has 2 rings (SSSR count). The van der Waals surface area contributed by atoms with E-state index in [-0.39, 0.29) is 0 Å². The van der Waals surface area contributed by atoms with Gasteiger partial charge >= 0.3 is 0 Å². The summed E-state index contributed by atoms with van der Waals surface area (Å²) in [6.07, 6.45) is 0. The molecule has 0 amide bonds. The van der Waals surface area contributed by atoms with E-state index in [0.717, 1.165) is 35.5 Å². The van der Waals surface area contributed by atoms with E-state index < -0.39 is 10.0 Å². The molecule has 0 heterocycles. The normalized spacial score (nSPS) is 11.4. The Hall–Kier alpha value is -2.01. The van der Waals surface area contributed by atoms with Crippen LogP contribution < -0.4 is 9.62 Å². The molecule has 0 fully saturated rings. The minimum atomic E-state index is -3.59. The molecule has 0 saturated carbocycles. The van der Waals surface area contributed by atoms with Gasteiger partial charge in [-0.25, -0.2) is 8.42 Å². The molecule has 0 unspecified atom stereocenters. The van der Waals surface area contributed by atoms with Gasteiger partial charge < -0.3 is 4.90 Å². The van der Waals surface area contributed by atoms with E-state index in [4.69, 9.17) is 0 Å². The molecule has 0 atom stereocenters. The average Bonchev–Trinajstić information content (AvgIpc) is 2.50. The van der Waals surface area contributed by atoms with Gasteiger partial charge in [0.05, 0.1) is 10.6 Å². The molecule has 4 nitrogen and oxygen atoms in total. The predicted octanol–water partition coefficient (Wildman–Crippen LogP) is 4.26. The van der Waals surface area contributed by atoms with Gasteiger partial charge in [0, 0.05) is 18.8 Å². The maximum Gasteiger partial charge on any atom is 0.262 e. The van der Waals surface area contributed by atoms with Crippen molar-refractivity contribution in [1.29, 1.82) is 0 Å². The second-order valence-corrected chi connectivity index (χ2v) is 7.70. The van der Waals surface area contributed by atoms with Crippen LogP contribution in [0.25, 0.3) is 0 Å². The van der Waals surface area contributed by atoms with Crippen molar-refractivity contribution < 1.29 is 8.42 Å². The first kappa shape index (κ1) is 18.3. The number of nitrogens with one attached hydrogen (secondary N) is 1. The number of nitrogens with zero attached hydrogens (tertiary/aromatic N) is 1. The van der Waals surface area contributed by atoms with Crippen LogP contribution in [0, 0.1) is 20.8 Å². The molecule has 0 radical (unpaired) electrons. The lowest BCUT2D eigenvalue weighted by Crippen LogP contribution is -2.22. The van der Waals surface area contributed by atoms with Crippen LogP contribution >= 0.6 is 0 Å². The minimum Gasteiger partial charge on any atom is -0.372 e. The molecule has 0 aliphatic carbocycles. The van der Waals surface area contributed by atoms with E-state index in [2.05, 4.69) is 23.5 Å². The second kappa shape index (κ2) is 7.26. The monoisotopic (exact) mass is 346 g/mol.